The van der Waals surface area contributed by atoms with Crippen LogP contribution < -0.4 is 0 Å². The average molecular weight is 209 g/mol. The summed E-state index contributed by atoms with van der Waals surface area (Å²) in [6.07, 6.45) is 2.53. The van der Waals surface area contributed by atoms with E-state index in [1.54, 1.807) is 0 Å². The van der Waals surface area contributed by atoms with E-state index in [1.165, 1.54) is 0 Å². The lowest BCUT2D eigenvalue weighted by molar-refractivity contribution is -0.216. The smallest absolute Gasteiger partial charge is 0.170 e. The Bertz CT molecular complexity index is 299. The molecule has 1 saturated carbocycles. The summed E-state index contributed by atoms with van der Waals surface area (Å²) in [7, 11) is 0. The molecule has 1 heterocycles. The Hall–Kier alpha value is -0.590. The van der Waals surface area contributed by atoms with Gasteiger partial charge >= 0.3 is 0 Å². The van der Waals surface area contributed by atoms with Crippen LogP contribution in [0.25, 0.3) is 0 Å². The molecule has 1 spiro atoms. The Morgan fingerprint density at radius 3 is 2.13 bits per heavy atom. The molecule has 3 heteroatoms. The Labute approximate surface area is 91.4 Å². The van der Waals surface area contributed by atoms with Crippen LogP contribution >= 0.6 is 0 Å². The lowest BCUT2D eigenvalue weighted by Gasteiger charge is -2.47. The van der Waals surface area contributed by atoms with Crippen LogP contribution in [0, 0.1) is 22.2 Å². The minimum Gasteiger partial charge on any atom is -0.347 e. The molecule has 1 atom stereocenters. The second-order valence-corrected chi connectivity index (χ2v) is 5.97. The maximum atomic E-state index is 9.27. The van der Waals surface area contributed by atoms with Crippen molar-refractivity contribution in [3.05, 3.63) is 0 Å². The number of nitriles is 1. The molecule has 1 saturated heterocycles. The van der Waals surface area contributed by atoms with Gasteiger partial charge in [-0.2, -0.15) is 5.26 Å². The first kappa shape index (κ1) is 10.9. The molecule has 2 rings (SSSR count). The molecular weight excluding hydrogens is 190 g/mol. The maximum absolute atomic E-state index is 9.27. The molecular formula is C12H19NO2. The maximum Gasteiger partial charge on any atom is 0.170 e. The van der Waals surface area contributed by atoms with E-state index in [-0.39, 0.29) is 10.8 Å². The molecule has 0 aromatic heterocycles. The van der Waals surface area contributed by atoms with Gasteiger partial charge in [-0.15, -0.1) is 0 Å². The first-order chi connectivity index (χ1) is 6.89. The molecule has 84 valence electrons. The third-order valence-corrected chi connectivity index (χ3v) is 3.36. The van der Waals surface area contributed by atoms with E-state index < -0.39 is 5.79 Å². The summed E-state index contributed by atoms with van der Waals surface area (Å²) in [6.45, 7) is 7.72. The van der Waals surface area contributed by atoms with E-state index in [1.807, 2.05) is 6.92 Å². The van der Waals surface area contributed by atoms with Crippen LogP contribution in [0.3, 0.4) is 0 Å². The Balaban J connectivity index is 2.26. The normalized spacial score (nSPS) is 37.7. The molecule has 1 aliphatic carbocycles. The van der Waals surface area contributed by atoms with E-state index >= 15 is 0 Å². The van der Waals surface area contributed by atoms with Gasteiger partial charge in [0.1, 0.15) is 0 Å². The topological polar surface area (TPSA) is 42.2 Å². The van der Waals surface area contributed by atoms with Crippen LogP contribution in [0.1, 0.15) is 40.0 Å². The van der Waals surface area contributed by atoms with Crippen LogP contribution in [0.15, 0.2) is 0 Å². The Kier molecular flexibility index (Phi) is 2.33. The fourth-order valence-corrected chi connectivity index (χ4v) is 3.35. The third-order valence-electron chi connectivity index (χ3n) is 3.36. The van der Waals surface area contributed by atoms with Crippen LogP contribution in [-0.4, -0.2) is 19.0 Å². The van der Waals surface area contributed by atoms with Gasteiger partial charge in [0.25, 0.3) is 0 Å². The Morgan fingerprint density at radius 2 is 1.60 bits per heavy atom. The van der Waals surface area contributed by atoms with Crippen LogP contribution in [0.4, 0.5) is 0 Å². The van der Waals surface area contributed by atoms with Crippen molar-refractivity contribution < 1.29 is 9.47 Å². The van der Waals surface area contributed by atoms with Crippen LogP contribution in [0.5, 0.6) is 0 Å². The lowest BCUT2D eigenvalue weighted by atomic mass is 9.62. The molecule has 0 aromatic carbocycles. The van der Waals surface area contributed by atoms with E-state index in [4.69, 9.17) is 9.47 Å². The van der Waals surface area contributed by atoms with E-state index in [0.717, 1.165) is 12.8 Å². The zero-order chi connectivity index (χ0) is 11.2. The summed E-state index contributed by atoms with van der Waals surface area (Å²) >= 11 is 0. The minimum atomic E-state index is -0.480. The van der Waals surface area contributed by atoms with Gasteiger partial charge in [-0.1, -0.05) is 13.8 Å². The van der Waals surface area contributed by atoms with E-state index in [9.17, 15) is 5.26 Å². The van der Waals surface area contributed by atoms with Crippen LogP contribution in [-0.2, 0) is 9.47 Å². The number of nitrogens with zero attached hydrogens (tertiary/aromatic N) is 1. The molecule has 0 amide bonds. The molecule has 0 N–H and O–H groups in total. The predicted octanol–water partition coefficient (Wildman–Crippen LogP) is 2.47. The average Bonchev–Trinajstić information content (AvgIpc) is 2.49. The highest BCUT2D eigenvalue weighted by atomic mass is 16.7. The highest BCUT2D eigenvalue weighted by molar-refractivity contribution is 5.07. The summed E-state index contributed by atoms with van der Waals surface area (Å²) < 4.78 is 11.5. The molecule has 0 aromatic rings. The van der Waals surface area contributed by atoms with Gasteiger partial charge in [-0.3, -0.25) is 0 Å². The summed E-state index contributed by atoms with van der Waals surface area (Å²) in [5.41, 5.74) is -0.195. The van der Waals surface area contributed by atoms with Crippen molar-refractivity contribution in [2.24, 2.45) is 10.8 Å². The van der Waals surface area contributed by atoms with Gasteiger partial charge in [-0.25, -0.2) is 0 Å². The van der Waals surface area contributed by atoms with Gasteiger partial charge in [0.05, 0.1) is 24.7 Å². The lowest BCUT2D eigenvalue weighted by Crippen LogP contribution is -2.47. The van der Waals surface area contributed by atoms with E-state index in [2.05, 4.69) is 19.9 Å². The van der Waals surface area contributed by atoms with Gasteiger partial charge < -0.3 is 9.47 Å². The van der Waals surface area contributed by atoms with Gasteiger partial charge in [0.15, 0.2) is 5.79 Å². The summed E-state index contributed by atoms with van der Waals surface area (Å²) in [5, 5.41) is 9.27. The second-order valence-electron chi connectivity index (χ2n) is 5.97. The number of ether oxygens (including phenoxy) is 2. The first-order valence-electron chi connectivity index (χ1n) is 5.58. The van der Waals surface area contributed by atoms with Crippen molar-refractivity contribution in [1.29, 1.82) is 5.26 Å². The van der Waals surface area contributed by atoms with Crippen LogP contribution in [0.2, 0.25) is 0 Å². The largest absolute Gasteiger partial charge is 0.347 e. The van der Waals surface area contributed by atoms with Crippen molar-refractivity contribution in [1.82, 2.24) is 0 Å². The molecule has 1 aliphatic heterocycles. The highest BCUT2D eigenvalue weighted by Gasteiger charge is 2.52. The van der Waals surface area contributed by atoms with Crippen molar-refractivity contribution in [2.75, 3.05) is 13.2 Å². The summed E-state index contributed by atoms with van der Waals surface area (Å²) in [4.78, 5) is 0. The highest BCUT2D eigenvalue weighted by Crippen LogP contribution is 2.52. The molecule has 0 bridgehead atoms. The zero-order valence-electron chi connectivity index (χ0n) is 9.80. The number of rotatable bonds is 0. The summed E-state index contributed by atoms with van der Waals surface area (Å²) in [6, 6.07) is 2.43. The number of hydrogen-bond acceptors (Lipinski definition) is 3. The van der Waals surface area contributed by atoms with Crippen molar-refractivity contribution >= 4 is 0 Å². The summed E-state index contributed by atoms with van der Waals surface area (Å²) in [5.74, 6) is -0.480. The van der Waals surface area contributed by atoms with E-state index in [0.29, 0.717) is 19.6 Å². The third kappa shape index (κ3) is 2.02. The second kappa shape index (κ2) is 3.20. The molecule has 2 aliphatic rings. The van der Waals surface area contributed by atoms with Gasteiger partial charge in [-0.05, 0) is 18.8 Å². The number of hydrogen-bond donors (Lipinski definition) is 0. The molecule has 2 fully saturated rings. The molecule has 15 heavy (non-hydrogen) atoms. The Morgan fingerprint density at radius 1 is 1.00 bits per heavy atom. The van der Waals surface area contributed by atoms with Crippen molar-refractivity contribution in [3.8, 4) is 6.07 Å². The molecule has 0 unspecified atom stereocenters. The molecule has 0 radical (unpaired) electrons. The first-order valence-corrected chi connectivity index (χ1v) is 5.58. The molecule has 3 nitrogen and oxygen atoms in total. The van der Waals surface area contributed by atoms with Crippen molar-refractivity contribution in [3.63, 3.8) is 0 Å². The van der Waals surface area contributed by atoms with Gasteiger partial charge in [0, 0.05) is 12.8 Å². The fourth-order valence-electron chi connectivity index (χ4n) is 3.35. The quantitative estimate of drug-likeness (QED) is 0.615. The zero-order valence-corrected chi connectivity index (χ0v) is 9.80. The fraction of sp³-hybridized carbons (Fsp3) is 0.917. The van der Waals surface area contributed by atoms with Gasteiger partial charge in [0.2, 0.25) is 0 Å². The monoisotopic (exact) mass is 209 g/mol. The standard InChI is InChI=1S/C12H19NO2/c1-10(2)6-11(3,9-13)8-12(7-10)14-4-5-15-12/h4-8H2,1-3H3/t11-/m0/s1. The predicted molar refractivity (Wildman–Crippen MR) is 56.0 cm³/mol. The minimum absolute atomic E-state index is 0.118. The SMILES string of the molecule is CC1(C)CC2(C[C@@](C)(C#N)C1)OCCO2. The van der Waals surface area contributed by atoms with Crippen molar-refractivity contribution in [2.45, 2.75) is 45.8 Å².